The van der Waals surface area contributed by atoms with Crippen LogP contribution in [0.5, 0.6) is 0 Å². The molecule has 0 saturated heterocycles. The lowest BCUT2D eigenvalue weighted by molar-refractivity contribution is -0.121. The highest BCUT2D eigenvalue weighted by Crippen LogP contribution is 2.22. The van der Waals surface area contributed by atoms with Crippen LogP contribution in [0.15, 0.2) is 47.4 Å². The Morgan fingerprint density at radius 2 is 1.83 bits per heavy atom. The minimum Gasteiger partial charge on any atom is -0.352 e. The van der Waals surface area contributed by atoms with Crippen molar-refractivity contribution in [2.45, 2.75) is 44.6 Å². The van der Waals surface area contributed by atoms with Gasteiger partial charge >= 0.3 is 0 Å². The molecule has 1 heterocycles. The van der Waals surface area contributed by atoms with Crippen molar-refractivity contribution in [3.63, 3.8) is 0 Å². The van der Waals surface area contributed by atoms with Crippen molar-refractivity contribution in [1.82, 2.24) is 19.2 Å². The number of nitrogens with zero attached hydrogens (tertiary/aromatic N) is 3. The second kappa shape index (κ2) is 11.0. The zero-order valence-corrected chi connectivity index (χ0v) is 21.6. The number of fused-ring (bicyclic) bond motifs is 1. The molecule has 188 valence electrons. The van der Waals surface area contributed by atoms with E-state index in [2.05, 4.69) is 15.6 Å². The van der Waals surface area contributed by atoms with Gasteiger partial charge in [-0.25, -0.2) is 17.7 Å². The van der Waals surface area contributed by atoms with Crippen LogP contribution in [0.25, 0.3) is 11.0 Å². The number of amides is 2. The largest absolute Gasteiger partial charge is 0.352 e. The predicted octanol–water partition coefficient (Wildman–Crippen LogP) is 3.06. The lowest BCUT2D eigenvalue weighted by Gasteiger charge is -2.11. The van der Waals surface area contributed by atoms with Gasteiger partial charge in [-0.2, -0.15) is 0 Å². The van der Waals surface area contributed by atoms with Crippen LogP contribution in [0, 0.1) is 5.92 Å². The van der Waals surface area contributed by atoms with Crippen LogP contribution in [0.2, 0.25) is 0 Å². The average Bonchev–Trinajstić information content (AvgIpc) is 3.10. The standard InChI is InChI=1S/C25H33N5O4S/c1-17(2)13-25(32)27-19-8-6-7-18(14-19)16-26-24(31)12-11-23-28-21-15-20(35(33,34)29(3)4)9-10-22(21)30(23)5/h6-10,14-15,17H,11-13,16H2,1-5H3,(H,26,31)(H,27,32). The summed E-state index contributed by atoms with van der Waals surface area (Å²) in [4.78, 5) is 29.2. The number of hydrogen-bond donors (Lipinski definition) is 2. The minimum absolute atomic E-state index is 0.0323. The normalized spacial score (nSPS) is 11.9. The molecule has 0 bridgehead atoms. The number of hydrogen-bond acceptors (Lipinski definition) is 5. The monoisotopic (exact) mass is 499 g/mol. The molecule has 0 aliphatic carbocycles. The molecule has 2 N–H and O–H groups in total. The van der Waals surface area contributed by atoms with Gasteiger partial charge in [0.1, 0.15) is 5.82 Å². The van der Waals surface area contributed by atoms with Gasteiger partial charge in [0.05, 0.1) is 15.9 Å². The predicted molar refractivity (Wildman–Crippen MR) is 136 cm³/mol. The molecule has 3 aromatic rings. The second-order valence-electron chi connectivity index (χ2n) is 9.15. The Morgan fingerprint density at radius 1 is 1.09 bits per heavy atom. The Kier molecular flexibility index (Phi) is 8.29. The zero-order chi connectivity index (χ0) is 25.8. The van der Waals surface area contributed by atoms with Gasteiger partial charge in [0.2, 0.25) is 21.8 Å². The summed E-state index contributed by atoms with van der Waals surface area (Å²) in [7, 11) is 1.27. The van der Waals surface area contributed by atoms with Gasteiger partial charge in [-0.1, -0.05) is 26.0 Å². The molecule has 10 heteroatoms. The highest BCUT2D eigenvalue weighted by Gasteiger charge is 2.19. The van der Waals surface area contributed by atoms with Crippen molar-refractivity contribution in [2.75, 3.05) is 19.4 Å². The molecular formula is C25H33N5O4S. The van der Waals surface area contributed by atoms with Crippen molar-refractivity contribution in [3.8, 4) is 0 Å². The van der Waals surface area contributed by atoms with Crippen molar-refractivity contribution in [2.24, 2.45) is 13.0 Å². The maximum Gasteiger partial charge on any atom is 0.242 e. The summed E-state index contributed by atoms with van der Waals surface area (Å²) in [6.07, 6.45) is 1.11. The van der Waals surface area contributed by atoms with Crippen molar-refractivity contribution < 1.29 is 18.0 Å². The first-order valence-electron chi connectivity index (χ1n) is 11.5. The average molecular weight is 500 g/mol. The van der Waals surface area contributed by atoms with Crippen molar-refractivity contribution in [3.05, 3.63) is 53.9 Å². The fourth-order valence-electron chi connectivity index (χ4n) is 3.68. The number of carbonyl (C=O) groups excluding carboxylic acids is 2. The molecule has 0 atom stereocenters. The molecule has 35 heavy (non-hydrogen) atoms. The van der Waals surface area contributed by atoms with Gasteiger partial charge < -0.3 is 15.2 Å². The summed E-state index contributed by atoms with van der Waals surface area (Å²) in [6.45, 7) is 4.33. The fourth-order valence-corrected chi connectivity index (χ4v) is 4.60. The highest BCUT2D eigenvalue weighted by atomic mass is 32.2. The quantitative estimate of drug-likeness (QED) is 0.445. The molecule has 0 aliphatic heterocycles. The van der Waals surface area contributed by atoms with E-state index in [0.29, 0.717) is 36.4 Å². The molecule has 2 aromatic carbocycles. The molecule has 0 unspecified atom stereocenters. The Hall–Kier alpha value is -3.24. The number of sulfonamides is 1. The number of carbonyl (C=O) groups is 2. The zero-order valence-electron chi connectivity index (χ0n) is 20.8. The molecule has 0 spiro atoms. The first-order valence-corrected chi connectivity index (χ1v) is 12.9. The van der Waals surface area contributed by atoms with Gasteiger partial charge in [0, 0.05) is 52.6 Å². The van der Waals surface area contributed by atoms with E-state index in [0.717, 1.165) is 15.4 Å². The molecule has 1 aromatic heterocycles. The molecule has 0 radical (unpaired) electrons. The van der Waals surface area contributed by atoms with Crippen LogP contribution in [0.4, 0.5) is 5.69 Å². The molecule has 2 amide bonds. The van der Waals surface area contributed by atoms with Crippen LogP contribution >= 0.6 is 0 Å². The highest BCUT2D eigenvalue weighted by molar-refractivity contribution is 7.89. The number of rotatable bonds is 10. The third kappa shape index (κ3) is 6.67. The van der Waals surface area contributed by atoms with Gasteiger partial charge in [-0.05, 0) is 41.8 Å². The molecule has 0 saturated carbocycles. The molecule has 0 aliphatic rings. The summed E-state index contributed by atoms with van der Waals surface area (Å²) in [5.74, 6) is 0.823. The molecule has 0 fully saturated rings. The Bertz CT molecular complexity index is 1330. The number of aryl methyl sites for hydroxylation is 2. The van der Waals surface area contributed by atoms with Crippen LogP contribution in [0.3, 0.4) is 0 Å². The fraction of sp³-hybridized carbons (Fsp3) is 0.400. The lowest BCUT2D eigenvalue weighted by Crippen LogP contribution is -2.23. The topological polar surface area (TPSA) is 113 Å². The summed E-state index contributed by atoms with van der Waals surface area (Å²) < 4.78 is 27.8. The smallest absolute Gasteiger partial charge is 0.242 e. The molecular weight excluding hydrogens is 466 g/mol. The van der Waals surface area contributed by atoms with Crippen molar-refractivity contribution >= 4 is 38.6 Å². The van der Waals surface area contributed by atoms with Crippen molar-refractivity contribution in [1.29, 1.82) is 0 Å². The number of imidazole rings is 1. The number of benzene rings is 2. The first kappa shape index (κ1) is 26.4. The third-order valence-corrected chi connectivity index (χ3v) is 7.40. The van der Waals surface area contributed by atoms with E-state index < -0.39 is 10.0 Å². The molecule has 9 nitrogen and oxygen atoms in total. The Morgan fingerprint density at radius 3 is 2.51 bits per heavy atom. The maximum atomic E-state index is 12.5. The summed E-state index contributed by atoms with van der Waals surface area (Å²) in [6, 6.07) is 12.3. The van der Waals surface area contributed by atoms with E-state index in [1.54, 1.807) is 18.2 Å². The third-order valence-electron chi connectivity index (χ3n) is 5.59. The van der Waals surface area contributed by atoms with Crippen LogP contribution in [-0.4, -0.2) is 48.2 Å². The van der Waals surface area contributed by atoms with Gasteiger partial charge in [-0.3, -0.25) is 9.59 Å². The lowest BCUT2D eigenvalue weighted by atomic mass is 10.1. The van der Waals surface area contributed by atoms with E-state index in [1.165, 1.54) is 14.1 Å². The van der Waals surface area contributed by atoms with Gasteiger partial charge in [-0.15, -0.1) is 0 Å². The summed E-state index contributed by atoms with van der Waals surface area (Å²) in [5.41, 5.74) is 2.97. The second-order valence-corrected chi connectivity index (χ2v) is 11.3. The number of aromatic nitrogens is 2. The summed E-state index contributed by atoms with van der Waals surface area (Å²) >= 11 is 0. The minimum atomic E-state index is -3.55. The van der Waals surface area contributed by atoms with Crippen LogP contribution in [-0.2, 0) is 39.6 Å². The number of nitrogens with one attached hydrogen (secondary N) is 2. The van der Waals surface area contributed by atoms with Crippen LogP contribution < -0.4 is 10.6 Å². The Balaban J connectivity index is 1.59. The molecule has 3 rings (SSSR count). The van der Waals surface area contributed by atoms with Crippen LogP contribution in [0.1, 0.15) is 38.1 Å². The van der Waals surface area contributed by atoms with Gasteiger partial charge in [0.25, 0.3) is 0 Å². The van der Waals surface area contributed by atoms with E-state index in [-0.39, 0.29) is 29.0 Å². The van der Waals surface area contributed by atoms with E-state index in [1.807, 2.05) is 49.7 Å². The van der Waals surface area contributed by atoms with Gasteiger partial charge in [0.15, 0.2) is 0 Å². The summed E-state index contributed by atoms with van der Waals surface area (Å²) in [5, 5.41) is 5.79. The Labute approximate surface area is 206 Å². The first-order chi connectivity index (χ1) is 16.5. The maximum absolute atomic E-state index is 12.5. The SMILES string of the molecule is CC(C)CC(=O)Nc1cccc(CNC(=O)CCc2nc3cc(S(=O)(=O)N(C)C)ccc3n2C)c1. The van der Waals surface area contributed by atoms with E-state index in [4.69, 9.17) is 0 Å². The van der Waals surface area contributed by atoms with E-state index >= 15 is 0 Å². The van der Waals surface area contributed by atoms with E-state index in [9.17, 15) is 18.0 Å². The number of anilines is 1.